The predicted molar refractivity (Wildman–Crippen MR) is 72.6 cm³/mol. The average molecular weight is 281 g/mol. The molecule has 1 atom stereocenters. The van der Waals surface area contributed by atoms with Crippen molar-refractivity contribution in [2.24, 2.45) is 0 Å². The van der Waals surface area contributed by atoms with E-state index < -0.39 is 17.7 Å². The Labute approximate surface area is 117 Å². The van der Waals surface area contributed by atoms with Crippen LogP contribution in [0.4, 0.5) is 10.7 Å². The number of anilines is 1. The lowest BCUT2D eigenvalue weighted by molar-refractivity contribution is -0.137. The number of amides is 1. The molecule has 1 rings (SSSR count). The number of carboxylic acid groups (broad SMARTS) is 1. The summed E-state index contributed by atoms with van der Waals surface area (Å²) in [5, 5.41) is 11.1. The van der Waals surface area contributed by atoms with Gasteiger partial charge in [-0.15, -0.1) is 0 Å². The standard InChI is InChI=1S/C13H19N3O4/c1-8(5-10(17)18)9-6-14-11(15-7-9)16-12(19)20-13(2,3)4/h6-8H,5H2,1-4H3,(H,17,18)(H,14,15,16,19). The minimum atomic E-state index is -0.881. The zero-order chi connectivity index (χ0) is 15.3. The number of hydrogen-bond donors (Lipinski definition) is 2. The smallest absolute Gasteiger partial charge is 0.414 e. The molecule has 0 aliphatic carbocycles. The van der Waals surface area contributed by atoms with Crippen LogP contribution in [0.15, 0.2) is 12.4 Å². The third kappa shape index (κ3) is 5.64. The maximum Gasteiger partial charge on any atom is 0.414 e. The van der Waals surface area contributed by atoms with Gasteiger partial charge in [0, 0.05) is 12.4 Å². The van der Waals surface area contributed by atoms with Crippen molar-refractivity contribution < 1.29 is 19.4 Å². The SMILES string of the molecule is CC(CC(=O)O)c1cnc(NC(=O)OC(C)(C)C)nc1. The Kier molecular flexibility index (Phi) is 5.01. The second kappa shape index (κ2) is 6.31. The van der Waals surface area contributed by atoms with Crippen LogP contribution >= 0.6 is 0 Å². The highest BCUT2D eigenvalue weighted by molar-refractivity contribution is 5.82. The van der Waals surface area contributed by atoms with Crippen LogP contribution in [0.25, 0.3) is 0 Å². The number of nitrogens with zero attached hydrogens (tertiary/aromatic N) is 2. The van der Waals surface area contributed by atoms with Gasteiger partial charge in [0.15, 0.2) is 0 Å². The fourth-order valence-electron chi connectivity index (χ4n) is 1.43. The van der Waals surface area contributed by atoms with Gasteiger partial charge in [0.1, 0.15) is 5.60 Å². The molecular weight excluding hydrogens is 262 g/mol. The van der Waals surface area contributed by atoms with Crippen molar-refractivity contribution in [1.82, 2.24) is 9.97 Å². The molecule has 0 aromatic carbocycles. The first kappa shape index (κ1) is 15.9. The van der Waals surface area contributed by atoms with Crippen molar-refractivity contribution in [3.8, 4) is 0 Å². The summed E-state index contributed by atoms with van der Waals surface area (Å²) in [5.74, 6) is -0.956. The molecule has 1 aromatic rings. The van der Waals surface area contributed by atoms with Gasteiger partial charge in [0.25, 0.3) is 0 Å². The van der Waals surface area contributed by atoms with Gasteiger partial charge < -0.3 is 9.84 Å². The van der Waals surface area contributed by atoms with Gasteiger partial charge in [0.05, 0.1) is 6.42 Å². The first-order valence-electron chi connectivity index (χ1n) is 6.21. The molecule has 0 saturated heterocycles. The Morgan fingerprint density at radius 2 is 1.90 bits per heavy atom. The summed E-state index contributed by atoms with van der Waals surface area (Å²) in [4.78, 5) is 30.0. The number of carbonyl (C=O) groups is 2. The molecule has 1 heterocycles. The van der Waals surface area contributed by atoms with Crippen LogP contribution < -0.4 is 5.32 Å². The van der Waals surface area contributed by atoms with E-state index in [-0.39, 0.29) is 18.3 Å². The Bertz CT molecular complexity index is 479. The van der Waals surface area contributed by atoms with Crippen molar-refractivity contribution in [3.63, 3.8) is 0 Å². The Morgan fingerprint density at radius 3 is 2.35 bits per heavy atom. The van der Waals surface area contributed by atoms with E-state index in [4.69, 9.17) is 9.84 Å². The number of aromatic nitrogens is 2. The van der Waals surface area contributed by atoms with Gasteiger partial charge >= 0.3 is 12.1 Å². The number of rotatable bonds is 4. The van der Waals surface area contributed by atoms with Crippen molar-refractivity contribution in [2.45, 2.75) is 45.6 Å². The Morgan fingerprint density at radius 1 is 1.35 bits per heavy atom. The van der Waals surface area contributed by atoms with Crippen molar-refractivity contribution in [1.29, 1.82) is 0 Å². The third-order valence-electron chi connectivity index (χ3n) is 2.33. The molecule has 0 aliphatic rings. The maximum atomic E-state index is 11.5. The lowest BCUT2D eigenvalue weighted by atomic mass is 10.0. The van der Waals surface area contributed by atoms with Crippen LogP contribution in [0.3, 0.4) is 0 Å². The number of ether oxygens (including phenoxy) is 1. The molecule has 1 amide bonds. The van der Waals surface area contributed by atoms with Gasteiger partial charge in [-0.3, -0.25) is 10.1 Å². The van der Waals surface area contributed by atoms with Crippen LogP contribution in [0.2, 0.25) is 0 Å². The first-order chi connectivity index (χ1) is 9.17. The molecule has 1 unspecified atom stereocenters. The Balaban J connectivity index is 2.63. The van der Waals surface area contributed by atoms with E-state index >= 15 is 0 Å². The van der Waals surface area contributed by atoms with Crippen LogP contribution in [0.5, 0.6) is 0 Å². The molecule has 2 N–H and O–H groups in total. The zero-order valence-electron chi connectivity index (χ0n) is 12.0. The Hall–Kier alpha value is -2.18. The summed E-state index contributed by atoms with van der Waals surface area (Å²) >= 11 is 0. The fraction of sp³-hybridized carbons (Fsp3) is 0.538. The van der Waals surface area contributed by atoms with Crippen LogP contribution in [0.1, 0.15) is 45.6 Å². The summed E-state index contributed by atoms with van der Waals surface area (Å²) in [6.45, 7) is 7.03. The predicted octanol–water partition coefficient (Wildman–Crippen LogP) is 2.40. The van der Waals surface area contributed by atoms with Gasteiger partial charge in [0.2, 0.25) is 5.95 Å². The van der Waals surface area contributed by atoms with Gasteiger partial charge in [-0.1, -0.05) is 6.92 Å². The van der Waals surface area contributed by atoms with E-state index in [0.717, 1.165) is 0 Å². The molecule has 0 bridgehead atoms. The zero-order valence-corrected chi connectivity index (χ0v) is 12.0. The van der Waals surface area contributed by atoms with E-state index in [1.807, 2.05) is 0 Å². The van der Waals surface area contributed by atoms with Crippen LogP contribution in [-0.4, -0.2) is 32.7 Å². The van der Waals surface area contributed by atoms with Gasteiger partial charge in [-0.05, 0) is 32.3 Å². The first-order valence-corrected chi connectivity index (χ1v) is 6.21. The second-order valence-corrected chi connectivity index (χ2v) is 5.47. The third-order valence-corrected chi connectivity index (χ3v) is 2.33. The molecule has 1 aromatic heterocycles. The quantitative estimate of drug-likeness (QED) is 0.878. The van der Waals surface area contributed by atoms with E-state index in [2.05, 4.69) is 15.3 Å². The number of hydrogen-bond acceptors (Lipinski definition) is 5. The van der Waals surface area contributed by atoms with Gasteiger partial charge in [-0.2, -0.15) is 0 Å². The molecule has 110 valence electrons. The topological polar surface area (TPSA) is 101 Å². The summed E-state index contributed by atoms with van der Waals surface area (Å²) < 4.78 is 5.06. The number of aliphatic carboxylic acids is 1. The molecule has 0 spiro atoms. The molecule has 0 aliphatic heterocycles. The summed E-state index contributed by atoms with van der Waals surface area (Å²) in [6, 6.07) is 0. The normalized spacial score (nSPS) is 12.6. The molecule has 20 heavy (non-hydrogen) atoms. The minimum absolute atomic E-state index is 0.00218. The lowest BCUT2D eigenvalue weighted by Gasteiger charge is -2.19. The highest BCUT2D eigenvalue weighted by Gasteiger charge is 2.17. The molecule has 0 radical (unpaired) electrons. The minimum Gasteiger partial charge on any atom is -0.481 e. The molecule has 0 saturated carbocycles. The molecule has 7 nitrogen and oxygen atoms in total. The van der Waals surface area contributed by atoms with Crippen molar-refractivity contribution in [2.75, 3.05) is 5.32 Å². The maximum absolute atomic E-state index is 11.5. The molecule has 0 fully saturated rings. The van der Waals surface area contributed by atoms with Crippen molar-refractivity contribution >= 4 is 18.0 Å². The molecular formula is C13H19N3O4. The van der Waals surface area contributed by atoms with Crippen LogP contribution in [-0.2, 0) is 9.53 Å². The number of carboxylic acids is 1. The van der Waals surface area contributed by atoms with Crippen molar-refractivity contribution in [3.05, 3.63) is 18.0 Å². The summed E-state index contributed by atoms with van der Waals surface area (Å²) in [7, 11) is 0. The highest BCUT2D eigenvalue weighted by atomic mass is 16.6. The molecule has 7 heteroatoms. The number of nitrogens with one attached hydrogen (secondary N) is 1. The van der Waals surface area contributed by atoms with Crippen LogP contribution in [0, 0.1) is 0 Å². The van der Waals surface area contributed by atoms with E-state index in [1.165, 1.54) is 12.4 Å². The fourth-order valence-corrected chi connectivity index (χ4v) is 1.43. The lowest BCUT2D eigenvalue weighted by Crippen LogP contribution is -2.27. The monoisotopic (exact) mass is 281 g/mol. The van der Waals surface area contributed by atoms with E-state index in [1.54, 1.807) is 27.7 Å². The highest BCUT2D eigenvalue weighted by Crippen LogP contribution is 2.17. The average Bonchev–Trinajstić information content (AvgIpc) is 2.26. The largest absolute Gasteiger partial charge is 0.481 e. The summed E-state index contributed by atoms with van der Waals surface area (Å²) in [6.07, 6.45) is 2.35. The van der Waals surface area contributed by atoms with Gasteiger partial charge in [-0.25, -0.2) is 14.8 Å². The van der Waals surface area contributed by atoms with E-state index in [0.29, 0.717) is 5.56 Å². The number of carbonyl (C=O) groups excluding carboxylic acids is 1. The summed E-state index contributed by atoms with van der Waals surface area (Å²) in [5.41, 5.74) is 0.0992. The van der Waals surface area contributed by atoms with E-state index in [9.17, 15) is 9.59 Å². The second-order valence-electron chi connectivity index (χ2n) is 5.47.